The lowest BCUT2D eigenvalue weighted by atomic mass is 9.98. The van der Waals surface area contributed by atoms with Crippen molar-refractivity contribution in [3.8, 4) is 27.9 Å². The van der Waals surface area contributed by atoms with Crippen molar-refractivity contribution in [2.75, 3.05) is 0 Å². The van der Waals surface area contributed by atoms with Gasteiger partial charge in [-0.1, -0.05) is 91.0 Å². The molecule has 0 aliphatic heterocycles. The third-order valence-corrected chi connectivity index (χ3v) is 13.2. The molecule has 0 radical (unpaired) electrons. The second kappa shape index (κ2) is 11.1. The van der Waals surface area contributed by atoms with Gasteiger partial charge in [0.05, 0.1) is 31.5 Å². The van der Waals surface area contributed by atoms with Gasteiger partial charge in [0.2, 0.25) is 0 Å². The van der Waals surface area contributed by atoms with Crippen LogP contribution in [0.3, 0.4) is 0 Å². The Labute approximate surface area is 311 Å². The van der Waals surface area contributed by atoms with Crippen LogP contribution in [0.15, 0.2) is 164 Å². The third kappa shape index (κ3) is 4.32. The van der Waals surface area contributed by atoms with E-state index in [1.807, 2.05) is 35.1 Å². The lowest BCUT2D eigenvalue weighted by Crippen LogP contribution is -1.93. The number of nitrogens with zero attached hydrogens (tertiary/aromatic N) is 3. The van der Waals surface area contributed by atoms with Crippen molar-refractivity contribution in [2.45, 2.75) is 0 Å². The Balaban J connectivity index is 1.03. The fourth-order valence-electron chi connectivity index (χ4n) is 8.30. The summed E-state index contributed by atoms with van der Waals surface area (Å²) in [6, 6.07) is 55.4. The van der Waals surface area contributed by atoms with Crippen molar-refractivity contribution >= 4 is 107 Å². The van der Waals surface area contributed by atoms with E-state index in [1.54, 1.807) is 0 Å². The minimum atomic E-state index is 1.09. The Morgan fingerprint density at radius 2 is 0.830 bits per heavy atom. The average molecular weight is 710 g/mol. The summed E-state index contributed by atoms with van der Waals surface area (Å²) in [6.07, 6.45) is 4.08. The first-order valence-corrected chi connectivity index (χ1v) is 19.4. The molecule has 0 spiro atoms. The van der Waals surface area contributed by atoms with Crippen molar-refractivity contribution in [3.63, 3.8) is 0 Å². The van der Waals surface area contributed by atoms with E-state index in [0.717, 1.165) is 27.5 Å². The van der Waals surface area contributed by atoms with Crippen molar-refractivity contribution in [3.05, 3.63) is 164 Å². The van der Waals surface area contributed by atoms with E-state index < -0.39 is 0 Å². The van der Waals surface area contributed by atoms with Gasteiger partial charge in [0.15, 0.2) is 0 Å². The number of aromatic nitrogens is 3. The highest BCUT2D eigenvalue weighted by Gasteiger charge is 2.17. The highest BCUT2D eigenvalue weighted by Crippen LogP contribution is 2.42. The van der Waals surface area contributed by atoms with Crippen molar-refractivity contribution in [2.24, 2.45) is 0 Å². The monoisotopic (exact) mass is 709 g/mol. The van der Waals surface area contributed by atoms with Gasteiger partial charge in [0, 0.05) is 70.6 Å². The van der Waals surface area contributed by atoms with Gasteiger partial charge in [-0.25, -0.2) is 0 Å². The molecule has 0 amide bonds. The van der Waals surface area contributed by atoms with E-state index in [9.17, 15) is 0 Å². The molecule has 0 fully saturated rings. The number of hydrogen-bond acceptors (Lipinski definition) is 4. The van der Waals surface area contributed by atoms with Crippen LogP contribution in [0.2, 0.25) is 0 Å². The van der Waals surface area contributed by atoms with E-state index in [-0.39, 0.29) is 0 Å². The van der Waals surface area contributed by atoms with Gasteiger partial charge in [0.1, 0.15) is 0 Å². The molecule has 0 aliphatic rings. The van der Waals surface area contributed by atoms with Gasteiger partial charge >= 0.3 is 0 Å². The van der Waals surface area contributed by atoms with E-state index in [2.05, 4.69) is 156 Å². The summed E-state index contributed by atoms with van der Waals surface area (Å²) >= 11 is 3.66. The minimum absolute atomic E-state index is 1.09. The summed E-state index contributed by atoms with van der Waals surface area (Å²) in [5, 5.41) is 9.75. The zero-order chi connectivity index (χ0) is 34.6. The molecular weight excluding hydrogens is 683 g/mol. The fraction of sp³-hybridized carbons (Fsp3) is 0. The van der Waals surface area contributed by atoms with Crippen LogP contribution < -0.4 is 0 Å². The number of thiophene rings is 2. The lowest BCUT2D eigenvalue weighted by molar-refractivity contribution is 1.18. The van der Waals surface area contributed by atoms with Crippen molar-refractivity contribution < 1.29 is 0 Å². The maximum absolute atomic E-state index is 4.95. The first-order chi connectivity index (χ1) is 26.2. The number of hydrogen-bond donors (Lipinski definition) is 0. The van der Waals surface area contributed by atoms with E-state index in [1.165, 1.54) is 84.4 Å². The van der Waals surface area contributed by atoms with Crippen molar-refractivity contribution in [1.29, 1.82) is 0 Å². The molecular formula is C48H27N3S2. The Morgan fingerprint density at radius 1 is 0.377 bits per heavy atom. The molecule has 12 rings (SSSR count). The summed E-state index contributed by atoms with van der Waals surface area (Å²) in [6.45, 7) is 0. The maximum atomic E-state index is 4.95. The number of fused-ring (bicyclic) bond motifs is 13. The van der Waals surface area contributed by atoms with E-state index in [0.29, 0.717) is 0 Å². The molecule has 0 N–H and O–H groups in total. The number of benzene rings is 7. The minimum Gasteiger partial charge on any atom is -0.309 e. The highest BCUT2D eigenvalue weighted by atomic mass is 32.1. The van der Waals surface area contributed by atoms with E-state index >= 15 is 0 Å². The summed E-state index contributed by atoms with van der Waals surface area (Å²) in [5.74, 6) is 0. The fourth-order valence-corrected chi connectivity index (χ4v) is 10.7. The predicted molar refractivity (Wildman–Crippen MR) is 228 cm³/mol. The van der Waals surface area contributed by atoms with Gasteiger partial charge in [-0.3, -0.25) is 9.97 Å². The van der Waals surface area contributed by atoms with Crippen LogP contribution in [0.25, 0.3) is 112 Å². The standard InChI is InChI=1S/C48H27N3S2/c1-2-8-34(9-3-1)51-41-20-16-30(28-14-18-35-32(22-28)26-49-45-37-10-4-6-12-43(37)52-47(35)45)24-39(41)40-25-31(17-21-42(40)51)29-15-19-36-33(23-29)27-50-46-38-11-5-7-13-44(38)53-48(36)46/h1-27H. The van der Waals surface area contributed by atoms with Gasteiger partial charge in [0.25, 0.3) is 0 Å². The highest BCUT2D eigenvalue weighted by molar-refractivity contribution is 7.27. The Kier molecular flexibility index (Phi) is 6.09. The molecule has 246 valence electrons. The van der Waals surface area contributed by atoms with Crippen LogP contribution in [-0.4, -0.2) is 14.5 Å². The van der Waals surface area contributed by atoms with Crippen LogP contribution in [0.5, 0.6) is 0 Å². The average Bonchev–Trinajstić information content (AvgIpc) is 3.90. The van der Waals surface area contributed by atoms with Gasteiger partial charge in [-0.2, -0.15) is 0 Å². The quantitative estimate of drug-likeness (QED) is 0.183. The summed E-state index contributed by atoms with van der Waals surface area (Å²) in [5.41, 5.74) is 10.5. The molecule has 0 atom stereocenters. The predicted octanol–water partition coefficient (Wildman–Crippen LogP) is 13.9. The first kappa shape index (κ1) is 29.2. The van der Waals surface area contributed by atoms with Gasteiger partial charge in [-0.15, -0.1) is 22.7 Å². The molecule has 3 nitrogen and oxygen atoms in total. The second-order valence-corrected chi connectivity index (χ2v) is 15.9. The normalized spacial score (nSPS) is 12.2. The maximum Gasteiger partial charge on any atom is 0.0894 e. The van der Waals surface area contributed by atoms with Crippen molar-refractivity contribution in [1.82, 2.24) is 14.5 Å². The summed E-state index contributed by atoms with van der Waals surface area (Å²) in [4.78, 5) is 9.89. The largest absolute Gasteiger partial charge is 0.309 e. The first-order valence-electron chi connectivity index (χ1n) is 17.8. The number of pyridine rings is 2. The molecule has 5 heteroatoms. The van der Waals surface area contributed by atoms with Gasteiger partial charge in [-0.05, 0) is 82.9 Å². The van der Waals surface area contributed by atoms with Crippen LogP contribution in [0.1, 0.15) is 0 Å². The van der Waals surface area contributed by atoms with Gasteiger partial charge < -0.3 is 4.57 Å². The topological polar surface area (TPSA) is 30.7 Å². The number of rotatable bonds is 3. The third-order valence-electron chi connectivity index (χ3n) is 10.8. The van der Waals surface area contributed by atoms with Crippen LogP contribution in [-0.2, 0) is 0 Å². The SMILES string of the molecule is c1ccc(-n2c3ccc(-c4ccc5c(cnc6c7ccccc7sc56)c4)cc3c3cc(-c4ccc5c(cnc6c7ccccc7sc56)c4)ccc32)cc1. The van der Waals surface area contributed by atoms with E-state index in [4.69, 9.17) is 9.97 Å². The molecule has 0 saturated heterocycles. The smallest absolute Gasteiger partial charge is 0.0894 e. The summed E-state index contributed by atoms with van der Waals surface area (Å²) < 4.78 is 7.45. The molecule has 0 unspecified atom stereocenters. The molecule has 0 bridgehead atoms. The zero-order valence-electron chi connectivity index (χ0n) is 28.2. The molecule has 0 saturated carbocycles. The van der Waals surface area contributed by atoms with Crippen LogP contribution in [0, 0.1) is 0 Å². The lowest BCUT2D eigenvalue weighted by Gasteiger charge is -2.09. The Bertz CT molecular complexity index is 3250. The molecule has 5 heterocycles. The molecule has 5 aromatic heterocycles. The number of para-hydroxylation sites is 1. The molecule has 53 heavy (non-hydrogen) atoms. The Hall–Kier alpha value is -6.40. The summed E-state index contributed by atoms with van der Waals surface area (Å²) in [7, 11) is 0. The Morgan fingerprint density at radius 3 is 1.36 bits per heavy atom. The zero-order valence-corrected chi connectivity index (χ0v) is 29.9. The molecule has 7 aromatic carbocycles. The van der Waals surface area contributed by atoms with Crippen LogP contribution in [0.4, 0.5) is 0 Å². The van der Waals surface area contributed by atoms with Crippen LogP contribution >= 0.6 is 22.7 Å². The molecule has 0 aliphatic carbocycles. The second-order valence-electron chi connectivity index (χ2n) is 13.8. The molecule has 12 aromatic rings.